The molecule has 0 aromatic heterocycles. The van der Waals surface area contributed by atoms with E-state index in [-0.39, 0.29) is 6.42 Å². The van der Waals surface area contributed by atoms with Crippen molar-refractivity contribution in [3.05, 3.63) is 59.7 Å². The predicted molar refractivity (Wildman–Crippen MR) is 96.7 cm³/mol. The fraction of sp³-hybridized carbons (Fsp3) is 0.250. The standard InChI is InChI=1S/C20H20N2O4/c1-2-25-18-10-6-4-7-15(18)11-12-20(24)26-14-19(23)22-17-9-5-3-8-16(17)13-21/h3-10H,2,11-12,14H2,1H3,(H,22,23). The third kappa shape index (κ3) is 5.64. The van der Waals surface area contributed by atoms with Crippen LogP contribution in [0.1, 0.15) is 24.5 Å². The van der Waals surface area contributed by atoms with Crippen LogP contribution in [0.2, 0.25) is 0 Å². The number of esters is 1. The van der Waals surface area contributed by atoms with Gasteiger partial charge in [-0.15, -0.1) is 0 Å². The van der Waals surface area contributed by atoms with E-state index >= 15 is 0 Å². The second-order valence-electron chi connectivity index (χ2n) is 5.41. The lowest BCUT2D eigenvalue weighted by molar-refractivity contribution is -0.147. The van der Waals surface area contributed by atoms with Gasteiger partial charge in [0.1, 0.15) is 11.8 Å². The second kappa shape index (κ2) is 9.84. The third-order valence-electron chi connectivity index (χ3n) is 3.56. The van der Waals surface area contributed by atoms with E-state index in [1.807, 2.05) is 37.3 Å². The number of carbonyl (C=O) groups excluding carboxylic acids is 2. The van der Waals surface area contributed by atoms with Gasteiger partial charge in [0.15, 0.2) is 6.61 Å². The topological polar surface area (TPSA) is 88.4 Å². The molecule has 26 heavy (non-hydrogen) atoms. The van der Waals surface area contributed by atoms with Crippen molar-refractivity contribution in [3.8, 4) is 11.8 Å². The number of para-hydroxylation sites is 2. The summed E-state index contributed by atoms with van der Waals surface area (Å²) in [6.07, 6.45) is 0.611. The van der Waals surface area contributed by atoms with Crippen LogP contribution < -0.4 is 10.1 Å². The van der Waals surface area contributed by atoms with Crippen molar-refractivity contribution < 1.29 is 19.1 Å². The highest BCUT2D eigenvalue weighted by Crippen LogP contribution is 2.19. The van der Waals surface area contributed by atoms with Crippen LogP contribution in [-0.2, 0) is 20.7 Å². The zero-order valence-corrected chi connectivity index (χ0v) is 14.5. The zero-order valence-electron chi connectivity index (χ0n) is 14.5. The molecular weight excluding hydrogens is 332 g/mol. The molecule has 0 spiro atoms. The van der Waals surface area contributed by atoms with Gasteiger partial charge in [-0.1, -0.05) is 30.3 Å². The lowest BCUT2D eigenvalue weighted by atomic mass is 10.1. The quantitative estimate of drug-likeness (QED) is 0.738. The largest absolute Gasteiger partial charge is 0.494 e. The first-order valence-corrected chi connectivity index (χ1v) is 8.29. The Morgan fingerprint density at radius 2 is 1.85 bits per heavy atom. The molecule has 2 aromatic carbocycles. The summed E-state index contributed by atoms with van der Waals surface area (Å²) in [6.45, 7) is 2.05. The van der Waals surface area contributed by atoms with Gasteiger partial charge in [-0.2, -0.15) is 5.26 Å². The molecule has 0 aliphatic heterocycles. The Hall–Kier alpha value is -3.33. The van der Waals surface area contributed by atoms with E-state index in [2.05, 4.69) is 5.32 Å². The van der Waals surface area contributed by atoms with Crippen LogP contribution in [0, 0.1) is 11.3 Å². The third-order valence-corrected chi connectivity index (χ3v) is 3.56. The SMILES string of the molecule is CCOc1ccccc1CCC(=O)OCC(=O)Nc1ccccc1C#N. The maximum absolute atomic E-state index is 11.9. The van der Waals surface area contributed by atoms with Crippen molar-refractivity contribution in [2.24, 2.45) is 0 Å². The molecule has 6 nitrogen and oxygen atoms in total. The van der Waals surface area contributed by atoms with Gasteiger partial charge in [0.25, 0.3) is 5.91 Å². The summed E-state index contributed by atoms with van der Waals surface area (Å²) in [5, 5.41) is 11.5. The molecule has 0 heterocycles. The molecule has 0 aliphatic carbocycles. The average molecular weight is 352 g/mol. The van der Waals surface area contributed by atoms with E-state index < -0.39 is 18.5 Å². The number of benzene rings is 2. The Morgan fingerprint density at radius 3 is 2.62 bits per heavy atom. The minimum absolute atomic E-state index is 0.145. The number of hydrogen-bond acceptors (Lipinski definition) is 5. The Labute approximate surface area is 152 Å². The van der Waals surface area contributed by atoms with Crippen LogP contribution in [0.4, 0.5) is 5.69 Å². The van der Waals surface area contributed by atoms with Crippen LogP contribution in [0.15, 0.2) is 48.5 Å². The fourth-order valence-electron chi connectivity index (χ4n) is 2.34. The van der Waals surface area contributed by atoms with E-state index in [9.17, 15) is 9.59 Å². The van der Waals surface area contributed by atoms with Gasteiger partial charge in [-0.05, 0) is 37.1 Å². The normalized spacial score (nSPS) is 9.85. The Morgan fingerprint density at radius 1 is 1.12 bits per heavy atom. The van der Waals surface area contributed by atoms with Crippen LogP contribution >= 0.6 is 0 Å². The molecule has 0 bridgehead atoms. The highest BCUT2D eigenvalue weighted by molar-refractivity contribution is 5.93. The molecule has 0 aliphatic rings. The van der Waals surface area contributed by atoms with E-state index in [0.717, 1.165) is 11.3 Å². The number of aryl methyl sites for hydroxylation is 1. The second-order valence-corrected chi connectivity index (χ2v) is 5.41. The van der Waals surface area contributed by atoms with E-state index in [1.54, 1.807) is 24.3 Å². The minimum Gasteiger partial charge on any atom is -0.494 e. The molecule has 0 saturated heterocycles. The molecule has 0 fully saturated rings. The summed E-state index contributed by atoms with van der Waals surface area (Å²) in [4.78, 5) is 23.8. The number of nitrogens with one attached hydrogen (secondary N) is 1. The zero-order chi connectivity index (χ0) is 18.8. The number of carbonyl (C=O) groups is 2. The van der Waals surface area contributed by atoms with Crippen molar-refractivity contribution in [2.45, 2.75) is 19.8 Å². The van der Waals surface area contributed by atoms with Crippen LogP contribution in [-0.4, -0.2) is 25.1 Å². The van der Waals surface area contributed by atoms with Gasteiger partial charge in [0, 0.05) is 6.42 Å². The number of anilines is 1. The number of nitriles is 1. The summed E-state index contributed by atoms with van der Waals surface area (Å²) in [5.41, 5.74) is 1.65. The summed E-state index contributed by atoms with van der Waals surface area (Å²) in [6, 6.07) is 16.1. The Bertz CT molecular complexity index is 811. The monoisotopic (exact) mass is 352 g/mol. The first-order valence-electron chi connectivity index (χ1n) is 8.29. The number of rotatable bonds is 8. The lowest BCUT2D eigenvalue weighted by Gasteiger charge is -2.10. The first-order chi connectivity index (χ1) is 12.6. The molecule has 0 saturated carbocycles. The summed E-state index contributed by atoms with van der Waals surface area (Å²) >= 11 is 0. The van der Waals surface area contributed by atoms with Crippen LogP contribution in [0.25, 0.3) is 0 Å². The molecule has 0 atom stereocenters. The molecular formula is C20H20N2O4. The van der Waals surface area contributed by atoms with Crippen molar-refractivity contribution in [2.75, 3.05) is 18.5 Å². The molecule has 6 heteroatoms. The van der Waals surface area contributed by atoms with Crippen molar-refractivity contribution in [1.82, 2.24) is 0 Å². The van der Waals surface area contributed by atoms with Gasteiger partial charge < -0.3 is 14.8 Å². The number of amides is 1. The highest BCUT2D eigenvalue weighted by Gasteiger charge is 2.11. The smallest absolute Gasteiger partial charge is 0.306 e. The number of nitrogens with zero attached hydrogens (tertiary/aromatic N) is 1. The highest BCUT2D eigenvalue weighted by atomic mass is 16.5. The van der Waals surface area contributed by atoms with E-state index in [1.165, 1.54) is 0 Å². The summed E-state index contributed by atoms with van der Waals surface area (Å²) < 4.78 is 10.5. The lowest BCUT2D eigenvalue weighted by Crippen LogP contribution is -2.21. The number of ether oxygens (including phenoxy) is 2. The van der Waals surface area contributed by atoms with Crippen molar-refractivity contribution in [3.63, 3.8) is 0 Å². The fourth-order valence-corrected chi connectivity index (χ4v) is 2.34. The Balaban J connectivity index is 1.80. The van der Waals surface area contributed by atoms with Gasteiger partial charge >= 0.3 is 5.97 Å². The van der Waals surface area contributed by atoms with Gasteiger partial charge in [-0.3, -0.25) is 9.59 Å². The van der Waals surface area contributed by atoms with Gasteiger partial charge in [0.2, 0.25) is 0 Å². The van der Waals surface area contributed by atoms with Gasteiger partial charge in [0.05, 0.1) is 17.9 Å². The molecule has 2 aromatic rings. The van der Waals surface area contributed by atoms with Gasteiger partial charge in [-0.25, -0.2) is 0 Å². The molecule has 1 N–H and O–H groups in total. The number of hydrogen-bond donors (Lipinski definition) is 1. The van der Waals surface area contributed by atoms with Crippen LogP contribution in [0.3, 0.4) is 0 Å². The van der Waals surface area contributed by atoms with Crippen molar-refractivity contribution in [1.29, 1.82) is 5.26 Å². The average Bonchev–Trinajstić information content (AvgIpc) is 2.66. The summed E-state index contributed by atoms with van der Waals surface area (Å²) in [7, 11) is 0. The first kappa shape index (κ1) is 19.0. The maximum Gasteiger partial charge on any atom is 0.306 e. The van der Waals surface area contributed by atoms with E-state index in [0.29, 0.717) is 24.3 Å². The Kier molecular flexibility index (Phi) is 7.19. The molecule has 0 radical (unpaired) electrons. The molecule has 0 unspecified atom stereocenters. The maximum atomic E-state index is 11.9. The summed E-state index contributed by atoms with van der Waals surface area (Å²) in [5.74, 6) is -0.218. The van der Waals surface area contributed by atoms with Crippen molar-refractivity contribution >= 4 is 17.6 Å². The molecule has 2 rings (SSSR count). The van der Waals surface area contributed by atoms with Crippen LogP contribution in [0.5, 0.6) is 5.75 Å². The van der Waals surface area contributed by atoms with E-state index in [4.69, 9.17) is 14.7 Å². The predicted octanol–water partition coefficient (Wildman–Crippen LogP) is 3.07. The molecule has 1 amide bonds. The minimum atomic E-state index is -0.490. The molecule has 134 valence electrons.